The molecule has 4 unspecified atom stereocenters. The van der Waals surface area contributed by atoms with Crippen LogP contribution in [-0.2, 0) is 5.41 Å². The lowest BCUT2D eigenvalue weighted by molar-refractivity contribution is 0.133. The Bertz CT molecular complexity index is 828. The third-order valence-corrected chi connectivity index (χ3v) is 10.6. The van der Waals surface area contributed by atoms with Crippen LogP contribution in [0.15, 0.2) is 30.3 Å². The quantitative estimate of drug-likeness (QED) is 0.723. The number of nitrogens with two attached hydrogens (primary N) is 1. The van der Waals surface area contributed by atoms with Crippen molar-refractivity contribution in [1.82, 2.24) is 4.90 Å². The molecule has 1 aliphatic heterocycles. The van der Waals surface area contributed by atoms with Gasteiger partial charge in [0.15, 0.2) is 0 Å². The molecule has 5 saturated carbocycles. The number of rotatable bonds is 2. The fraction of sp³-hybridized carbons (Fsp3) is 0.720. The minimum atomic E-state index is 0.156. The van der Waals surface area contributed by atoms with E-state index in [1.165, 1.54) is 43.5 Å². The second-order valence-electron chi connectivity index (χ2n) is 11.7. The SMILES string of the molecule is CC1(C)CN(C(=S)C23CC4CC(c5ccccc5)(CC2C42CC2)C3)CC[C@@H]1N. The second kappa shape index (κ2) is 5.40. The van der Waals surface area contributed by atoms with Gasteiger partial charge in [-0.3, -0.25) is 0 Å². The highest BCUT2D eigenvalue weighted by molar-refractivity contribution is 7.80. The molecule has 0 radical (unpaired) electrons. The number of thiocarbonyl (C=S) groups is 1. The Morgan fingerprint density at radius 2 is 1.86 bits per heavy atom. The molecule has 0 amide bonds. The maximum Gasteiger partial charge on any atom is 0.0845 e. The molecule has 6 fully saturated rings. The van der Waals surface area contributed by atoms with Gasteiger partial charge in [-0.1, -0.05) is 56.4 Å². The molecule has 0 aromatic heterocycles. The van der Waals surface area contributed by atoms with E-state index in [-0.39, 0.29) is 10.8 Å². The molecule has 5 aliphatic carbocycles. The third kappa shape index (κ3) is 2.10. The van der Waals surface area contributed by atoms with Crippen molar-refractivity contribution in [2.75, 3.05) is 13.1 Å². The van der Waals surface area contributed by atoms with Crippen molar-refractivity contribution in [3.05, 3.63) is 35.9 Å². The number of piperidine rings is 1. The van der Waals surface area contributed by atoms with E-state index >= 15 is 0 Å². The van der Waals surface area contributed by atoms with Gasteiger partial charge in [-0.2, -0.15) is 0 Å². The Kier molecular flexibility index (Phi) is 3.45. The normalized spacial score (nSPS) is 44.2. The number of hydrogen-bond acceptors (Lipinski definition) is 2. The lowest BCUT2D eigenvalue weighted by Gasteiger charge is -2.49. The van der Waals surface area contributed by atoms with Crippen LogP contribution in [0.25, 0.3) is 0 Å². The molecule has 1 aromatic carbocycles. The molecule has 6 aliphatic rings. The molecule has 4 bridgehead atoms. The Hall–Kier alpha value is -0.930. The highest BCUT2D eigenvalue weighted by Crippen LogP contribution is 2.83. The van der Waals surface area contributed by atoms with E-state index < -0.39 is 0 Å². The first kappa shape index (κ1) is 17.9. The van der Waals surface area contributed by atoms with E-state index in [0.717, 1.165) is 31.3 Å². The molecule has 1 saturated heterocycles. The molecule has 7 rings (SSSR count). The van der Waals surface area contributed by atoms with Crippen LogP contribution >= 0.6 is 12.2 Å². The molecule has 28 heavy (non-hydrogen) atoms. The zero-order valence-corrected chi connectivity index (χ0v) is 18.2. The van der Waals surface area contributed by atoms with Crippen LogP contribution in [-0.4, -0.2) is 29.0 Å². The van der Waals surface area contributed by atoms with Crippen molar-refractivity contribution in [1.29, 1.82) is 0 Å². The van der Waals surface area contributed by atoms with Gasteiger partial charge in [-0.25, -0.2) is 0 Å². The zero-order chi connectivity index (χ0) is 19.4. The third-order valence-electron chi connectivity index (χ3n) is 9.91. The maximum absolute atomic E-state index is 6.44. The van der Waals surface area contributed by atoms with Gasteiger partial charge in [0.1, 0.15) is 0 Å². The highest BCUT2D eigenvalue weighted by atomic mass is 32.1. The van der Waals surface area contributed by atoms with Gasteiger partial charge in [0.05, 0.1) is 4.99 Å². The summed E-state index contributed by atoms with van der Waals surface area (Å²) in [5.74, 6) is 1.73. The highest BCUT2D eigenvalue weighted by Gasteiger charge is 2.78. The van der Waals surface area contributed by atoms with Crippen LogP contribution < -0.4 is 5.73 Å². The minimum absolute atomic E-state index is 0.156. The van der Waals surface area contributed by atoms with Crippen LogP contribution in [0.3, 0.4) is 0 Å². The monoisotopic (exact) mass is 394 g/mol. The fourth-order valence-corrected chi connectivity index (χ4v) is 8.84. The summed E-state index contributed by atoms with van der Waals surface area (Å²) in [5, 5.41) is 0. The number of nitrogens with zero attached hydrogens (tertiary/aromatic N) is 1. The average Bonchev–Trinajstić information content (AvgIpc) is 3.41. The first-order valence-electron chi connectivity index (χ1n) is 11.4. The van der Waals surface area contributed by atoms with Crippen LogP contribution in [0.4, 0.5) is 0 Å². The minimum Gasteiger partial charge on any atom is -0.365 e. The van der Waals surface area contributed by atoms with E-state index in [9.17, 15) is 0 Å². The number of hydrogen-bond donors (Lipinski definition) is 1. The Morgan fingerprint density at radius 1 is 1.11 bits per heavy atom. The van der Waals surface area contributed by atoms with Crippen molar-refractivity contribution in [3.8, 4) is 0 Å². The second-order valence-corrected chi connectivity index (χ2v) is 12.1. The molecule has 5 atom stereocenters. The fourth-order valence-electron chi connectivity index (χ4n) is 8.39. The Balaban J connectivity index is 1.38. The zero-order valence-electron chi connectivity index (χ0n) is 17.4. The van der Waals surface area contributed by atoms with Gasteiger partial charge in [0.2, 0.25) is 0 Å². The smallest absolute Gasteiger partial charge is 0.0845 e. The van der Waals surface area contributed by atoms with Crippen molar-refractivity contribution in [3.63, 3.8) is 0 Å². The van der Waals surface area contributed by atoms with Crippen LogP contribution in [0, 0.1) is 28.1 Å². The molecule has 2 N–H and O–H groups in total. The summed E-state index contributed by atoms with van der Waals surface area (Å²) in [6.07, 6.45) is 9.47. The van der Waals surface area contributed by atoms with E-state index in [1.807, 2.05) is 0 Å². The van der Waals surface area contributed by atoms with Gasteiger partial charge < -0.3 is 10.6 Å². The number of likely N-dealkylation sites (tertiary alicyclic amines) is 1. The van der Waals surface area contributed by atoms with Crippen LogP contribution in [0.2, 0.25) is 0 Å². The summed E-state index contributed by atoms with van der Waals surface area (Å²) in [4.78, 5) is 3.92. The summed E-state index contributed by atoms with van der Waals surface area (Å²) in [6.45, 7) is 6.76. The van der Waals surface area contributed by atoms with E-state index in [0.29, 0.717) is 16.9 Å². The Labute approximate surface area is 175 Å². The summed E-state index contributed by atoms with van der Waals surface area (Å²) < 4.78 is 0. The van der Waals surface area contributed by atoms with Crippen molar-refractivity contribution >= 4 is 17.2 Å². The molecule has 2 nitrogen and oxygen atoms in total. The number of benzene rings is 1. The maximum atomic E-state index is 6.44. The molecular weight excluding hydrogens is 360 g/mol. The Morgan fingerprint density at radius 3 is 2.54 bits per heavy atom. The summed E-state index contributed by atoms with van der Waals surface area (Å²) in [7, 11) is 0. The standard InChI is InChI=1S/C25H34N2S/c1-22(2)16-27(11-8-20(22)26)21(28)25-13-18-12-23(15-25,17-6-4-3-5-7-17)14-19(25)24(18)9-10-24/h3-7,18-20H,8-16,26H2,1-2H3/t18?,19?,20-,23?,25?/m0/s1. The molecule has 150 valence electrons. The molecule has 3 heteroatoms. The molecule has 1 spiro atoms. The van der Waals surface area contributed by atoms with Gasteiger partial charge >= 0.3 is 0 Å². The molecule has 1 heterocycles. The average molecular weight is 395 g/mol. The molecule has 1 aromatic rings. The summed E-state index contributed by atoms with van der Waals surface area (Å²) in [5.41, 5.74) is 9.50. The van der Waals surface area contributed by atoms with Crippen molar-refractivity contribution < 1.29 is 0 Å². The lowest BCUT2D eigenvalue weighted by Crippen LogP contribution is -2.56. The lowest BCUT2D eigenvalue weighted by atomic mass is 9.61. The van der Waals surface area contributed by atoms with Gasteiger partial charge in [-0.15, -0.1) is 0 Å². The first-order chi connectivity index (χ1) is 13.3. The summed E-state index contributed by atoms with van der Waals surface area (Å²) in [6, 6.07) is 11.7. The van der Waals surface area contributed by atoms with Gasteiger partial charge in [0, 0.05) is 24.5 Å². The van der Waals surface area contributed by atoms with E-state index in [4.69, 9.17) is 18.0 Å². The predicted octanol–water partition coefficient (Wildman–Crippen LogP) is 4.91. The topological polar surface area (TPSA) is 29.3 Å². The van der Waals surface area contributed by atoms with Crippen LogP contribution in [0.1, 0.15) is 64.4 Å². The van der Waals surface area contributed by atoms with Gasteiger partial charge in [0.25, 0.3) is 0 Å². The van der Waals surface area contributed by atoms with Crippen molar-refractivity contribution in [2.24, 2.45) is 33.8 Å². The molecular formula is C25H34N2S. The first-order valence-corrected chi connectivity index (χ1v) is 11.8. The summed E-state index contributed by atoms with van der Waals surface area (Å²) >= 11 is 6.39. The van der Waals surface area contributed by atoms with E-state index in [1.54, 1.807) is 5.56 Å². The predicted molar refractivity (Wildman–Crippen MR) is 118 cm³/mol. The van der Waals surface area contributed by atoms with Crippen molar-refractivity contribution in [2.45, 2.75) is 70.3 Å². The largest absolute Gasteiger partial charge is 0.365 e. The van der Waals surface area contributed by atoms with Crippen LogP contribution in [0.5, 0.6) is 0 Å². The van der Waals surface area contributed by atoms with E-state index in [2.05, 4.69) is 49.1 Å². The van der Waals surface area contributed by atoms with Gasteiger partial charge in [-0.05, 0) is 78.6 Å².